The Kier molecular flexibility index (Phi) is 2.82. The minimum atomic E-state index is 0.799. The van der Waals surface area contributed by atoms with Crippen LogP contribution in [0.1, 0.15) is 18.6 Å². The lowest BCUT2D eigenvalue weighted by atomic mass is 10.3. The van der Waals surface area contributed by atoms with Crippen LogP contribution >= 0.6 is 0 Å². The molecule has 0 aromatic carbocycles. The summed E-state index contributed by atoms with van der Waals surface area (Å²) in [6.07, 6.45) is 8.60. The standard InChI is InChI=1S/C14H17N2O/c1-2-8-16(7-1)13-5-9-15(10-6-13)12-14-4-3-11-17-14/h3-6,9-11H,1-2,7-8,12H2/q+1. The third-order valence-corrected chi connectivity index (χ3v) is 3.26. The Morgan fingerprint density at radius 3 is 2.53 bits per heavy atom. The molecule has 3 heterocycles. The Morgan fingerprint density at radius 1 is 1.12 bits per heavy atom. The van der Waals surface area contributed by atoms with E-state index in [4.69, 9.17) is 4.42 Å². The summed E-state index contributed by atoms with van der Waals surface area (Å²) in [5.41, 5.74) is 1.33. The molecule has 3 rings (SSSR count). The number of anilines is 1. The molecule has 0 radical (unpaired) electrons. The minimum absolute atomic E-state index is 0.799. The van der Waals surface area contributed by atoms with E-state index in [2.05, 4.69) is 34.0 Å². The van der Waals surface area contributed by atoms with Crippen molar-refractivity contribution in [2.24, 2.45) is 0 Å². The van der Waals surface area contributed by atoms with Gasteiger partial charge in [-0.2, -0.15) is 4.57 Å². The van der Waals surface area contributed by atoms with Crippen LogP contribution < -0.4 is 9.47 Å². The van der Waals surface area contributed by atoms with Gasteiger partial charge in [0, 0.05) is 30.9 Å². The van der Waals surface area contributed by atoms with Crippen molar-refractivity contribution in [3.05, 3.63) is 48.7 Å². The van der Waals surface area contributed by atoms with E-state index in [9.17, 15) is 0 Å². The first-order valence-corrected chi connectivity index (χ1v) is 6.18. The van der Waals surface area contributed by atoms with E-state index in [1.54, 1.807) is 6.26 Å². The fourth-order valence-corrected chi connectivity index (χ4v) is 2.32. The van der Waals surface area contributed by atoms with Gasteiger partial charge in [0.2, 0.25) is 6.54 Å². The Hall–Kier alpha value is -1.77. The summed E-state index contributed by atoms with van der Waals surface area (Å²) in [6, 6.07) is 8.30. The minimum Gasteiger partial charge on any atom is -0.463 e. The molecule has 0 saturated carbocycles. The molecule has 0 spiro atoms. The Bertz CT molecular complexity index is 455. The summed E-state index contributed by atoms with van der Waals surface area (Å²) < 4.78 is 7.47. The molecule has 2 aromatic rings. The van der Waals surface area contributed by atoms with Gasteiger partial charge in [0.15, 0.2) is 18.2 Å². The Balaban J connectivity index is 1.71. The fourth-order valence-electron chi connectivity index (χ4n) is 2.32. The fraction of sp³-hybridized carbons (Fsp3) is 0.357. The summed E-state index contributed by atoms with van der Waals surface area (Å²) in [7, 11) is 0. The molecule has 88 valence electrons. The second-order valence-electron chi connectivity index (χ2n) is 4.50. The summed E-state index contributed by atoms with van der Waals surface area (Å²) in [6.45, 7) is 3.19. The molecule has 0 bridgehead atoms. The van der Waals surface area contributed by atoms with Gasteiger partial charge in [-0.3, -0.25) is 0 Å². The molecular weight excluding hydrogens is 212 g/mol. The third-order valence-electron chi connectivity index (χ3n) is 3.26. The number of aromatic nitrogens is 1. The van der Waals surface area contributed by atoms with Crippen LogP contribution in [0.15, 0.2) is 47.3 Å². The molecule has 0 amide bonds. The van der Waals surface area contributed by atoms with Crippen LogP contribution in [0, 0.1) is 0 Å². The topological polar surface area (TPSA) is 20.3 Å². The number of rotatable bonds is 3. The maximum Gasteiger partial charge on any atom is 0.205 e. The third kappa shape index (κ3) is 2.33. The monoisotopic (exact) mass is 229 g/mol. The zero-order chi connectivity index (χ0) is 11.5. The summed E-state index contributed by atoms with van der Waals surface area (Å²) in [5, 5.41) is 0. The Morgan fingerprint density at radius 2 is 1.88 bits per heavy atom. The van der Waals surface area contributed by atoms with Gasteiger partial charge in [-0.25, -0.2) is 0 Å². The van der Waals surface area contributed by atoms with E-state index in [0.717, 1.165) is 12.3 Å². The largest absolute Gasteiger partial charge is 0.463 e. The predicted octanol–water partition coefficient (Wildman–Crippen LogP) is 2.22. The molecule has 0 N–H and O–H groups in total. The number of nitrogens with zero attached hydrogens (tertiary/aromatic N) is 2. The van der Waals surface area contributed by atoms with E-state index < -0.39 is 0 Å². The molecule has 3 heteroatoms. The average molecular weight is 229 g/mol. The molecule has 0 atom stereocenters. The van der Waals surface area contributed by atoms with Crippen molar-refractivity contribution in [3.8, 4) is 0 Å². The number of furan rings is 1. The predicted molar refractivity (Wildman–Crippen MR) is 65.9 cm³/mol. The van der Waals surface area contributed by atoms with Gasteiger partial charge < -0.3 is 9.32 Å². The maximum atomic E-state index is 5.34. The van der Waals surface area contributed by atoms with Crippen LogP contribution in [-0.4, -0.2) is 13.1 Å². The van der Waals surface area contributed by atoms with Crippen LogP contribution in [0.5, 0.6) is 0 Å². The molecule has 17 heavy (non-hydrogen) atoms. The second-order valence-corrected chi connectivity index (χ2v) is 4.50. The summed E-state index contributed by atoms with van der Waals surface area (Å²) >= 11 is 0. The van der Waals surface area contributed by atoms with Crippen molar-refractivity contribution in [1.82, 2.24) is 0 Å². The van der Waals surface area contributed by atoms with E-state index in [1.807, 2.05) is 12.1 Å². The van der Waals surface area contributed by atoms with Crippen LogP contribution in [-0.2, 0) is 6.54 Å². The lowest BCUT2D eigenvalue weighted by Gasteiger charge is -2.16. The lowest BCUT2D eigenvalue weighted by molar-refractivity contribution is -0.689. The van der Waals surface area contributed by atoms with Gasteiger partial charge in [-0.1, -0.05) is 0 Å². The van der Waals surface area contributed by atoms with Crippen molar-refractivity contribution in [2.45, 2.75) is 19.4 Å². The first kappa shape index (κ1) is 10.4. The molecule has 1 fully saturated rings. The molecule has 1 saturated heterocycles. The molecule has 1 aliphatic heterocycles. The van der Waals surface area contributed by atoms with E-state index in [-0.39, 0.29) is 0 Å². The molecule has 1 aliphatic rings. The van der Waals surface area contributed by atoms with Crippen LogP contribution in [0.25, 0.3) is 0 Å². The highest BCUT2D eigenvalue weighted by molar-refractivity contribution is 5.44. The van der Waals surface area contributed by atoms with Crippen molar-refractivity contribution in [1.29, 1.82) is 0 Å². The molecule has 2 aromatic heterocycles. The SMILES string of the molecule is c1coc(C[n+]2ccc(N3CCCC3)cc2)c1. The molecule has 3 nitrogen and oxygen atoms in total. The van der Waals surface area contributed by atoms with Crippen molar-refractivity contribution in [3.63, 3.8) is 0 Å². The van der Waals surface area contributed by atoms with Gasteiger partial charge in [-0.05, 0) is 25.0 Å². The van der Waals surface area contributed by atoms with Gasteiger partial charge in [0.05, 0.1) is 6.26 Å². The summed E-state index contributed by atoms with van der Waals surface area (Å²) in [4.78, 5) is 2.44. The van der Waals surface area contributed by atoms with Gasteiger partial charge in [0.1, 0.15) is 0 Å². The number of hydrogen-bond donors (Lipinski definition) is 0. The quantitative estimate of drug-likeness (QED) is 0.752. The second kappa shape index (κ2) is 4.62. The highest BCUT2D eigenvalue weighted by Crippen LogP contribution is 2.17. The van der Waals surface area contributed by atoms with Crippen LogP contribution in [0.2, 0.25) is 0 Å². The first-order valence-electron chi connectivity index (χ1n) is 6.18. The smallest absolute Gasteiger partial charge is 0.205 e. The summed E-state index contributed by atoms with van der Waals surface area (Å²) in [5.74, 6) is 0.990. The van der Waals surface area contributed by atoms with Crippen molar-refractivity contribution >= 4 is 5.69 Å². The molecular formula is C14H17N2O+. The normalized spacial score (nSPS) is 15.4. The highest BCUT2D eigenvalue weighted by atomic mass is 16.3. The average Bonchev–Trinajstić information content (AvgIpc) is 3.01. The van der Waals surface area contributed by atoms with Gasteiger partial charge in [-0.15, -0.1) is 0 Å². The highest BCUT2D eigenvalue weighted by Gasteiger charge is 2.13. The van der Waals surface area contributed by atoms with Crippen LogP contribution in [0.3, 0.4) is 0 Å². The zero-order valence-electron chi connectivity index (χ0n) is 9.88. The first-order chi connectivity index (χ1) is 8.42. The Labute approximate surface area is 101 Å². The van der Waals surface area contributed by atoms with Gasteiger partial charge in [0.25, 0.3) is 0 Å². The number of hydrogen-bond acceptors (Lipinski definition) is 2. The zero-order valence-corrected chi connectivity index (χ0v) is 9.88. The van der Waals surface area contributed by atoms with Crippen LogP contribution in [0.4, 0.5) is 5.69 Å². The van der Waals surface area contributed by atoms with E-state index in [0.29, 0.717) is 0 Å². The van der Waals surface area contributed by atoms with E-state index in [1.165, 1.54) is 31.6 Å². The van der Waals surface area contributed by atoms with Crippen molar-refractivity contribution in [2.75, 3.05) is 18.0 Å². The molecule has 0 aliphatic carbocycles. The lowest BCUT2D eigenvalue weighted by Crippen LogP contribution is -2.33. The van der Waals surface area contributed by atoms with Gasteiger partial charge >= 0.3 is 0 Å². The molecule has 0 unspecified atom stereocenters. The number of pyridine rings is 1. The van der Waals surface area contributed by atoms with E-state index >= 15 is 0 Å². The van der Waals surface area contributed by atoms with Crippen molar-refractivity contribution < 1.29 is 8.98 Å². The maximum absolute atomic E-state index is 5.34.